The first-order valence-corrected chi connectivity index (χ1v) is 6.13. The zero-order valence-corrected chi connectivity index (χ0v) is 10.5. The van der Waals surface area contributed by atoms with Gasteiger partial charge in [-0.25, -0.2) is 0 Å². The minimum Gasteiger partial charge on any atom is -0.370 e. The minimum absolute atomic E-state index is 0.103. The molecule has 0 bridgehead atoms. The third kappa shape index (κ3) is 5.47. The Morgan fingerprint density at radius 2 is 1.81 bits per heavy atom. The molecule has 0 atom stereocenters. The fraction of sp³-hybridized carbons (Fsp3) is 0.917. The molecule has 1 saturated heterocycles. The molecular weight excluding hydrogens is 204 g/mol. The van der Waals surface area contributed by atoms with E-state index < -0.39 is 0 Å². The lowest BCUT2D eigenvalue weighted by Gasteiger charge is -2.22. The third-order valence-corrected chi connectivity index (χ3v) is 2.66. The summed E-state index contributed by atoms with van der Waals surface area (Å²) in [4.78, 5) is 13.7. The lowest BCUT2D eigenvalue weighted by atomic mass is 10.1. The van der Waals surface area contributed by atoms with Gasteiger partial charge in [-0.1, -0.05) is 12.8 Å². The lowest BCUT2D eigenvalue weighted by Crippen LogP contribution is -2.40. The number of hydrogen-bond donors (Lipinski definition) is 1. The van der Waals surface area contributed by atoms with Gasteiger partial charge in [-0.15, -0.1) is 0 Å². The Kier molecular flexibility index (Phi) is 5.22. The van der Waals surface area contributed by atoms with E-state index in [4.69, 9.17) is 10.5 Å². The second kappa shape index (κ2) is 6.21. The number of hydrogen-bond acceptors (Lipinski definition) is 3. The van der Waals surface area contributed by atoms with Crippen molar-refractivity contribution in [2.75, 3.05) is 26.3 Å². The SMILES string of the molecule is CC(C)(N)COCC(=O)N1CCCCCC1. The Hall–Kier alpha value is -0.610. The van der Waals surface area contributed by atoms with Crippen molar-refractivity contribution < 1.29 is 9.53 Å². The minimum atomic E-state index is -0.362. The van der Waals surface area contributed by atoms with Crippen LogP contribution in [0.1, 0.15) is 39.5 Å². The van der Waals surface area contributed by atoms with Crippen LogP contribution in [0.25, 0.3) is 0 Å². The third-order valence-electron chi connectivity index (χ3n) is 2.66. The quantitative estimate of drug-likeness (QED) is 0.785. The topological polar surface area (TPSA) is 55.6 Å². The highest BCUT2D eigenvalue weighted by Crippen LogP contribution is 2.09. The first kappa shape index (κ1) is 13.5. The maximum Gasteiger partial charge on any atom is 0.248 e. The summed E-state index contributed by atoms with van der Waals surface area (Å²) in [5.74, 6) is 0.103. The molecular formula is C12H24N2O2. The zero-order valence-electron chi connectivity index (χ0n) is 10.5. The molecule has 1 aliphatic rings. The summed E-state index contributed by atoms with van der Waals surface area (Å²) < 4.78 is 5.34. The van der Waals surface area contributed by atoms with Crippen LogP contribution in [0.2, 0.25) is 0 Å². The largest absolute Gasteiger partial charge is 0.370 e. The second-order valence-corrected chi connectivity index (χ2v) is 5.28. The van der Waals surface area contributed by atoms with E-state index in [9.17, 15) is 4.79 Å². The smallest absolute Gasteiger partial charge is 0.248 e. The van der Waals surface area contributed by atoms with Crippen molar-refractivity contribution in [1.82, 2.24) is 4.90 Å². The Morgan fingerprint density at radius 3 is 2.31 bits per heavy atom. The van der Waals surface area contributed by atoms with Crippen LogP contribution in [0.4, 0.5) is 0 Å². The van der Waals surface area contributed by atoms with Gasteiger partial charge in [-0.3, -0.25) is 4.79 Å². The monoisotopic (exact) mass is 228 g/mol. The van der Waals surface area contributed by atoms with Crippen molar-refractivity contribution in [2.45, 2.75) is 45.1 Å². The van der Waals surface area contributed by atoms with Crippen molar-refractivity contribution in [1.29, 1.82) is 0 Å². The summed E-state index contributed by atoms with van der Waals surface area (Å²) in [6.07, 6.45) is 4.71. The number of carbonyl (C=O) groups excluding carboxylic acids is 1. The fourth-order valence-electron chi connectivity index (χ4n) is 1.81. The number of likely N-dealkylation sites (tertiary alicyclic amines) is 1. The Bertz CT molecular complexity index is 216. The lowest BCUT2D eigenvalue weighted by molar-refractivity contribution is -0.136. The molecule has 1 amide bonds. The van der Waals surface area contributed by atoms with Crippen LogP contribution in [0.5, 0.6) is 0 Å². The maximum atomic E-state index is 11.8. The highest BCUT2D eigenvalue weighted by atomic mass is 16.5. The van der Waals surface area contributed by atoms with E-state index in [0.717, 1.165) is 25.9 Å². The van der Waals surface area contributed by atoms with Crippen molar-refractivity contribution in [2.24, 2.45) is 5.73 Å². The molecule has 0 aromatic heterocycles. The molecule has 94 valence electrons. The standard InChI is InChI=1S/C12H24N2O2/c1-12(2,13)10-16-9-11(15)14-7-5-3-4-6-8-14/h3-10,13H2,1-2H3. The van der Waals surface area contributed by atoms with Crippen LogP contribution < -0.4 is 5.73 Å². The Balaban J connectivity index is 2.23. The molecule has 4 heteroatoms. The van der Waals surface area contributed by atoms with Gasteiger partial charge >= 0.3 is 0 Å². The maximum absolute atomic E-state index is 11.8. The van der Waals surface area contributed by atoms with Crippen molar-refractivity contribution in [3.8, 4) is 0 Å². The first-order valence-electron chi connectivity index (χ1n) is 6.13. The number of ether oxygens (including phenoxy) is 1. The predicted molar refractivity (Wildman–Crippen MR) is 64.1 cm³/mol. The summed E-state index contributed by atoms with van der Waals surface area (Å²) in [6.45, 7) is 6.14. The highest BCUT2D eigenvalue weighted by molar-refractivity contribution is 5.77. The molecule has 0 saturated carbocycles. The molecule has 0 aromatic rings. The van der Waals surface area contributed by atoms with E-state index in [-0.39, 0.29) is 18.1 Å². The predicted octanol–water partition coefficient (Wildman–Crippen LogP) is 1.14. The summed E-state index contributed by atoms with van der Waals surface area (Å²) >= 11 is 0. The van der Waals surface area contributed by atoms with Gasteiger partial charge in [0.05, 0.1) is 6.61 Å². The molecule has 1 fully saturated rings. The molecule has 0 aliphatic carbocycles. The average Bonchev–Trinajstić information content (AvgIpc) is 2.43. The molecule has 1 heterocycles. The number of amides is 1. The van der Waals surface area contributed by atoms with Gasteiger partial charge in [-0.2, -0.15) is 0 Å². The van der Waals surface area contributed by atoms with Crippen LogP contribution in [0.15, 0.2) is 0 Å². The molecule has 0 aromatic carbocycles. The van der Waals surface area contributed by atoms with Crippen LogP contribution in [-0.2, 0) is 9.53 Å². The van der Waals surface area contributed by atoms with E-state index in [1.165, 1.54) is 12.8 Å². The first-order chi connectivity index (χ1) is 7.49. The molecule has 1 rings (SSSR count). The Labute approximate surface area is 98.1 Å². The van der Waals surface area contributed by atoms with Gasteiger partial charge in [0.2, 0.25) is 5.91 Å². The van der Waals surface area contributed by atoms with Crippen LogP contribution in [0.3, 0.4) is 0 Å². The Morgan fingerprint density at radius 1 is 1.25 bits per heavy atom. The van der Waals surface area contributed by atoms with Gasteiger partial charge in [0, 0.05) is 18.6 Å². The number of nitrogens with two attached hydrogens (primary N) is 1. The van der Waals surface area contributed by atoms with Gasteiger partial charge in [0.15, 0.2) is 0 Å². The van der Waals surface area contributed by atoms with Crippen LogP contribution in [0, 0.1) is 0 Å². The summed E-state index contributed by atoms with van der Waals surface area (Å²) in [6, 6.07) is 0. The highest BCUT2D eigenvalue weighted by Gasteiger charge is 2.17. The van der Waals surface area contributed by atoms with E-state index in [1.807, 2.05) is 18.7 Å². The fourth-order valence-corrected chi connectivity index (χ4v) is 1.81. The van der Waals surface area contributed by atoms with Crippen molar-refractivity contribution in [3.05, 3.63) is 0 Å². The molecule has 0 spiro atoms. The summed E-state index contributed by atoms with van der Waals surface area (Å²) in [5, 5.41) is 0. The van der Waals surface area contributed by atoms with Gasteiger partial charge in [0.25, 0.3) is 0 Å². The molecule has 4 nitrogen and oxygen atoms in total. The summed E-state index contributed by atoms with van der Waals surface area (Å²) in [5.41, 5.74) is 5.41. The van der Waals surface area contributed by atoms with Crippen molar-refractivity contribution in [3.63, 3.8) is 0 Å². The summed E-state index contributed by atoms with van der Waals surface area (Å²) in [7, 11) is 0. The normalized spacial score (nSPS) is 18.3. The van der Waals surface area contributed by atoms with Crippen LogP contribution in [-0.4, -0.2) is 42.6 Å². The van der Waals surface area contributed by atoms with Gasteiger partial charge in [-0.05, 0) is 26.7 Å². The van der Waals surface area contributed by atoms with Gasteiger partial charge in [0.1, 0.15) is 6.61 Å². The van der Waals surface area contributed by atoms with E-state index >= 15 is 0 Å². The molecule has 0 unspecified atom stereocenters. The number of nitrogens with zero attached hydrogens (tertiary/aromatic N) is 1. The molecule has 16 heavy (non-hydrogen) atoms. The number of carbonyl (C=O) groups is 1. The molecule has 2 N–H and O–H groups in total. The van der Waals surface area contributed by atoms with E-state index in [1.54, 1.807) is 0 Å². The average molecular weight is 228 g/mol. The zero-order chi connectivity index (χ0) is 12.0. The van der Waals surface area contributed by atoms with Crippen LogP contribution >= 0.6 is 0 Å². The van der Waals surface area contributed by atoms with Crippen molar-refractivity contribution >= 4 is 5.91 Å². The second-order valence-electron chi connectivity index (χ2n) is 5.28. The number of rotatable bonds is 4. The van der Waals surface area contributed by atoms with Gasteiger partial charge < -0.3 is 15.4 Å². The molecule has 1 aliphatic heterocycles. The van der Waals surface area contributed by atoms with E-state index in [2.05, 4.69) is 0 Å². The molecule has 0 radical (unpaired) electrons. The van der Waals surface area contributed by atoms with E-state index in [0.29, 0.717) is 6.61 Å².